The smallest absolute Gasteiger partial charge is 0.267 e. The molecule has 0 fully saturated rings. The van der Waals surface area contributed by atoms with Gasteiger partial charge in [-0.1, -0.05) is 53.6 Å². The summed E-state index contributed by atoms with van der Waals surface area (Å²) in [4.78, 5) is 12.6. The third kappa shape index (κ3) is 5.69. The molecular formula is C25H27N3O3S. The van der Waals surface area contributed by atoms with Gasteiger partial charge < -0.3 is 0 Å². The van der Waals surface area contributed by atoms with Crippen LogP contribution in [-0.4, -0.2) is 31.9 Å². The maximum Gasteiger partial charge on any atom is 0.271 e. The Labute approximate surface area is 189 Å². The summed E-state index contributed by atoms with van der Waals surface area (Å²) in [6.45, 7) is 6.12. The predicted molar refractivity (Wildman–Crippen MR) is 127 cm³/mol. The van der Waals surface area contributed by atoms with Gasteiger partial charge in [-0.05, 0) is 61.7 Å². The molecule has 0 atom stereocenters. The molecule has 0 unspecified atom stereocenters. The highest BCUT2D eigenvalue weighted by molar-refractivity contribution is 7.89. The Morgan fingerprint density at radius 2 is 1.56 bits per heavy atom. The first kappa shape index (κ1) is 23.4. The first-order valence-corrected chi connectivity index (χ1v) is 11.6. The fraction of sp³-hybridized carbons (Fsp3) is 0.200. The fourth-order valence-electron chi connectivity index (χ4n) is 3.19. The maximum absolute atomic E-state index is 12.7. The SMILES string of the molecule is Cc1ccc(S(=O)(=O)N(C)Cc2ccc(C(=O)N/N=C\c3ccc(C)cc3C)cc2)cc1. The highest BCUT2D eigenvalue weighted by Crippen LogP contribution is 2.18. The normalized spacial score (nSPS) is 11.8. The van der Waals surface area contributed by atoms with Crippen molar-refractivity contribution in [2.45, 2.75) is 32.2 Å². The fourth-order valence-corrected chi connectivity index (χ4v) is 4.35. The van der Waals surface area contributed by atoms with Crippen LogP contribution in [0.3, 0.4) is 0 Å². The molecule has 1 N–H and O–H groups in total. The van der Waals surface area contributed by atoms with Gasteiger partial charge in [0, 0.05) is 19.2 Å². The molecule has 0 aromatic heterocycles. The summed E-state index contributed by atoms with van der Waals surface area (Å²) >= 11 is 0. The summed E-state index contributed by atoms with van der Waals surface area (Å²) in [6.07, 6.45) is 1.62. The van der Waals surface area contributed by atoms with Gasteiger partial charge in [-0.25, -0.2) is 13.8 Å². The summed E-state index contributed by atoms with van der Waals surface area (Å²) in [7, 11) is -2.05. The number of nitrogens with zero attached hydrogens (tertiary/aromatic N) is 2. The molecule has 166 valence electrons. The van der Waals surface area contributed by atoms with Gasteiger partial charge >= 0.3 is 0 Å². The Bertz CT molecular complexity index is 1230. The van der Waals surface area contributed by atoms with Gasteiger partial charge in [0.15, 0.2) is 0 Å². The molecule has 0 bridgehead atoms. The van der Waals surface area contributed by atoms with Crippen molar-refractivity contribution in [3.63, 3.8) is 0 Å². The second kappa shape index (κ2) is 9.89. The van der Waals surface area contributed by atoms with E-state index in [1.54, 1.807) is 54.7 Å². The number of nitrogens with one attached hydrogen (secondary N) is 1. The summed E-state index contributed by atoms with van der Waals surface area (Å²) in [5.41, 5.74) is 7.92. The lowest BCUT2D eigenvalue weighted by Gasteiger charge is -2.17. The van der Waals surface area contributed by atoms with Gasteiger partial charge in [-0.2, -0.15) is 9.41 Å². The molecule has 0 spiro atoms. The van der Waals surface area contributed by atoms with Crippen LogP contribution in [0.25, 0.3) is 0 Å². The van der Waals surface area contributed by atoms with E-state index in [9.17, 15) is 13.2 Å². The number of hydrogen-bond acceptors (Lipinski definition) is 4. The highest BCUT2D eigenvalue weighted by Gasteiger charge is 2.20. The summed E-state index contributed by atoms with van der Waals surface area (Å²) in [5.74, 6) is -0.335. The third-order valence-corrected chi connectivity index (χ3v) is 6.96. The number of hydrogen-bond donors (Lipinski definition) is 1. The van der Waals surface area contributed by atoms with Gasteiger partial charge in [-0.3, -0.25) is 4.79 Å². The quantitative estimate of drug-likeness (QED) is 0.434. The third-order valence-electron chi connectivity index (χ3n) is 5.15. The Morgan fingerprint density at radius 3 is 2.19 bits per heavy atom. The van der Waals surface area contributed by atoms with Crippen molar-refractivity contribution in [3.8, 4) is 0 Å². The molecule has 0 aliphatic carbocycles. The Kier molecular flexibility index (Phi) is 7.22. The number of carbonyl (C=O) groups is 1. The van der Waals surface area contributed by atoms with Gasteiger partial charge in [-0.15, -0.1) is 0 Å². The van der Waals surface area contributed by atoms with Crippen molar-refractivity contribution in [1.29, 1.82) is 0 Å². The summed E-state index contributed by atoms with van der Waals surface area (Å²) < 4.78 is 26.8. The minimum atomic E-state index is -3.59. The van der Waals surface area contributed by atoms with Crippen LogP contribution in [0.15, 0.2) is 76.7 Å². The predicted octanol–water partition coefficient (Wildman–Crippen LogP) is 4.20. The number of carbonyl (C=O) groups excluding carboxylic acids is 1. The van der Waals surface area contributed by atoms with E-state index in [0.717, 1.165) is 22.3 Å². The van der Waals surface area contributed by atoms with Crippen molar-refractivity contribution >= 4 is 22.1 Å². The van der Waals surface area contributed by atoms with E-state index < -0.39 is 10.0 Å². The summed E-state index contributed by atoms with van der Waals surface area (Å²) in [6, 6.07) is 19.5. The zero-order valence-electron chi connectivity index (χ0n) is 18.7. The van der Waals surface area contributed by atoms with Crippen LogP contribution in [0.5, 0.6) is 0 Å². The lowest BCUT2D eigenvalue weighted by atomic mass is 10.1. The first-order valence-electron chi connectivity index (χ1n) is 10.2. The van der Waals surface area contributed by atoms with Gasteiger partial charge in [0.25, 0.3) is 5.91 Å². The van der Waals surface area contributed by atoms with E-state index in [4.69, 9.17) is 0 Å². The summed E-state index contributed by atoms with van der Waals surface area (Å²) in [5, 5.41) is 4.04. The van der Waals surface area contributed by atoms with Gasteiger partial charge in [0.05, 0.1) is 11.1 Å². The van der Waals surface area contributed by atoms with Gasteiger partial charge in [0.1, 0.15) is 0 Å². The second-order valence-electron chi connectivity index (χ2n) is 7.83. The zero-order valence-corrected chi connectivity index (χ0v) is 19.5. The monoisotopic (exact) mass is 449 g/mol. The number of sulfonamides is 1. The Balaban J connectivity index is 1.62. The van der Waals surface area contributed by atoms with Crippen LogP contribution in [0.2, 0.25) is 0 Å². The molecule has 3 aromatic rings. The van der Waals surface area contributed by atoms with Crippen molar-refractivity contribution in [2.24, 2.45) is 5.10 Å². The Hall–Kier alpha value is -3.29. The topological polar surface area (TPSA) is 78.8 Å². The van der Waals surface area contributed by atoms with E-state index in [1.807, 2.05) is 32.9 Å². The van der Waals surface area contributed by atoms with Crippen LogP contribution in [0.4, 0.5) is 0 Å². The van der Waals surface area contributed by atoms with E-state index >= 15 is 0 Å². The van der Waals surface area contributed by atoms with Crippen molar-refractivity contribution < 1.29 is 13.2 Å². The standard InChI is InChI=1S/C25H27N3O3S/c1-18-6-13-24(14-7-18)32(30,31)28(4)17-21-8-11-22(12-9-21)25(29)27-26-16-23-10-5-19(2)15-20(23)3/h5-16H,17H2,1-4H3,(H,27,29)/b26-16-. The molecule has 0 saturated carbocycles. The average molecular weight is 450 g/mol. The van der Waals surface area contributed by atoms with Gasteiger partial charge in [0.2, 0.25) is 10.0 Å². The minimum absolute atomic E-state index is 0.197. The molecule has 3 rings (SSSR count). The van der Waals surface area contributed by atoms with E-state index in [-0.39, 0.29) is 17.3 Å². The molecule has 7 heteroatoms. The number of aryl methyl sites for hydroxylation is 3. The average Bonchev–Trinajstić information content (AvgIpc) is 2.76. The molecule has 6 nitrogen and oxygen atoms in total. The molecule has 0 aliphatic rings. The highest BCUT2D eigenvalue weighted by atomic mass is 32.2. The van der Waals surface area contributed by atoms with Crippen LogP contribution in [-0.2, 0) is 16.6 Å². The number of benzene rings is 3. The van der Waals surface area contributed by atoms with E-state index in [1.165, 1.54) is 16.9 Å². The van der Waals surface area contributed by atoms with Crippen LogP contribution in [0, 0.1) is 20.8 Å². The molecule has 0 heterocycles. The van der Waals surface area contributed by atoms with Crippen LogP contribution in [0.1, 0.15) is 38.2 Å². The molecule has 32 heavy (non-hydrogen) atoms. The molecule has 1 amide bonds. The molecular weight excluding hydrogens is 422 g/mol. The second-order valence-corrected chi connectivity index (χ2v) is 9.88. The molecule has 0 aliphatic heterocycles. The largest absolute Gasteiger partial charge is 0.271 e. The lowest BCUT2D eigenvalue weighted by Crippen LogP contribution is -2.26. The molecule has 3 aromatic carbocycles. The zero-order chi connectivity index (χ0) is 23.3. The Morgan fingerprint density at radius 1 is 0.938 bits per heavy atom. The van der Waals surface area contributed by atoms with E-state index in [0.29, 0.717) is 5.56 Å². The lowest BCUT2D eigenvalue weighted by molar-refractivity contribution is 0.0955. The number of rotatable bonds is 7. The van der Waals surface area contributed by atoms with Crippen molar-refractivity contribution in [3.05, 3.63) is 100 Å². The van der Waals surface area contributed by atoms with Crippen LogP contribution < -0.4 is 5.43 Å². The van der Waals surface area contributed by atoms with E-state index in [2.05, 4.69) is 16.6 Å². The van der Waals surface area contributed by atoms with Crippen molar-refractivity contribution in [2.75, 3.05) is 7.05 Å². The van der Waals surface area contributed by atoms with Crippen molar-refractivity contribution in [1.82, 2.24) is 9.73 Å². The molecule has 0 saturated heterocycles. The number of amides is 1. The number of hydrazone groups is 1. The maximum atomic E-state index is 12.7. The molecule has 0 radical (unpaired) electrons. The first-order chi connectivity index (χ1) is 15.2. The van der Waals surface area contributed by atoms with Crippen LogP contribution >= 0.6 is 0 Å². The minimum Gasteiger partial charge on any atom is -0.267 e.